The van der Waals surface area contributed by atoms with Crippen molar-refractivity contribution in [3.63, 3.8) is 0 Å². The largest absolute Gasteiger partial charge is 0.337 e. The molecule has 1 fully saturated rings. The van der Waals surface area contributed by atoms with Gasteiger partial charge in [-0.15, -0.1) is 11.3 Å². The molecule has 1 N–H and O–H groups in total. The number of thiophene rings is 1. The second-order valence-electron chi connectivity index (χ2n) is 8.55. The van der Waals surface area contributed by atoms with Crippen molar-refractivity contribution in [1.82, 2.24) is 9.88 Å². The highest BCUT2D eigenvalue weighted by Crippen LogP contribution is 2.48. The summed E-state index contributed by atoms with van der Waals surface area (Å²) >= 11 is 1.43. The highest BCUT2D eigenvalue weighted by Gasteiger charge is 2.44. The highest BCUT2D eigenvalue weighted by atomic mass is 32.1. The molecular formula is C26H24N4O2S. The molecule has 3 heterocycles. The number of pyridine rings is 1. The molecule has 1 aliphatic heterocycles. The molecule has 3 aromatic rings. The summed E-state index contributed by atoms with van der Waals surface area (Å²) in [7, 11) is 0. The third-order valence-corrected chi connectivity index (χ3v) is 7.57. The predicted molar refractivity (Wildman–Crippen MR) is 127 cm³/mol. The average molecular weight is 457 g/mol. The Kier molecular flexibility index (Phi) is 5.93. The van der Waals surface area contributed by atoms with Crippen molar-refractivity contribution in [3.8, 4) is 6.07 Å². The van der Waals surface area contributed by atoms with E-state index in [1.807, 2.05) is 41.3 Å². The van der Waals surface area contributed by atoms with Gasteiger partial charge >= 0.3 is 0 Å². The van der Waals surface area contributed by atoms with Gasteiger partial charge in [0.1, 0.15) is 11.1 Å². The van der Waals surface area contributed by atoms with Crippen molar-refractivity contribution < 1.29 is 9.59 Å². The van der Waals surface area contributed by atoms with Gasteiger partial charge in [0.05, 0.1) is 12.1 Å². The van der Waals surface area contributed by atoms with E-state index in [0.29, 0.717) is 42.9 Å². The van der Waals surface area contributed by atoms with Gasteiger partial charge in [-0.05, 0) is 48.4 Å². The molecule has 0 unspecified atom stereocenters. The lowest BCUT2D eigenvalue weighted by Crippen LogP contribution is -2.35. The monoisotopic (exact) mass is 456 g/mol. The molecule has 5 rings (SSSR count). The fourth-order valence-corrected chi connectivity index (χ4v) is 5.74. The van der Waals surface area contributed by atoms with Crippen molar-refractivity contribution in [2.75, 3.05) is 11.9 Å². The molecule has 1 saturated carbocycles. The van der Waals surface area contributed by atoms with E-state index in [0.717, 1.165) is 22.6 Å². The zero-order valence-corrected chi connectivity index (χ0v) is 19.0. The van der Waals surface area contributed by atoms with Crippen LogP contribution in [0.15, 0.2) is 54.7 Å². The zero-order valence-electron chi connectivity index (χ0n) is 18.2. The average Bonchev–Trinajstić information content (AvgIpc) is 3.59. The Labute approximate surface area is 196 Å². The topological polar surface area (TPSA) is 86.1 Å². The number of hydrogen-bond donors (Lipinski definition) is 1. The minimum atomic E-state index is -0.0530. The minimum absolute atomic E-state index is 0.0257. The molecule has 2 amide bonds. The summed E-state index contributed by atoms with van der Waals surface area (Å²) < 4.78 is 0. The Hall–Kier alpha value is -3.50. The first-order valence-corrected chi connectivity index (χ1v) is 12.0. The maximum Gasteiger partial charge on any atom is 0.228 e. The maximum absolute atomic E-state index is 12.8. The quantitative estimate of drug-likeness (QED) is 0.600. The van der Waals surface area contributed by atoms with Crippen LogP contribution in [0.25, 0.3) is 0 Å². The zero-order chi connectivity index (χ0) is 22.8. The molecule has 2 atom stereocenters. The Balaban J connectivity index is 1.23. The first-order chi connectivity index (χ1) is 16.1. The molecule has 0 spiro atoms. The summed E-state index contributed by atoms with van der Waals surface area (Å²) in [6, 6.07) is 18.1. The lowest BCUT2D eigenvalue weighted by Gasteiger charge is -2.27. The Morgan fingerprint density at radius 1 is 1.18 bits per heavy atom. The van der Waals surface area contributed by atoms with E-state index >= 15 is 0 Å². The lowest BCUT2D eigenvalue weighted by atomic mass is 10.0. The van der Waals surface area contributed by atoms with Gasteiger partial charge < -0.3 is 10.2 Å². The number of anilines is 1. The van der Waals surface area contributed by atoms with Crippen LogP contribution in [0.2, 0.25) is 0 Å². The van der Waals surface area contributed by atoms with Gasteiger partial charge in [-0.3, -0.25) is 14.6 Å². The summed E-state index contributed by atoms with van der Waals surface area (Å²) in [6.07, 6.45) is 4.23. The summed E-state index contributed by atoms with van der Waals surface area (Å²) in [6.45, 7) is 1.08. The van der Waals surface area contributed by atoms with Crippen molar-refractivity contribution in [1.29, 1.82) is 5.26 Å². The number of nitrogens with zero attached hydrogens (tertiary/aromatic N) is 3. The van der Waals surface area contributed by atoms with Crippen LogP contribution in [0.4, 0.5) is 5.00 Å². The molecule has 166 valence electrons. The number of nitrogens with one attached hydrogen (secondary N) is 1. The fourth-order valence-electron chi connectivity index (χ4n) is 4.52. The Morgan fingerprint density at radius 3 is 2.76 bits per heavy atom. The first kappa shape index (κ1) is 21.4. The normalized spacial score (nSPS) is 18.8. The number of amides is 2. The van der Waals surface area contributed by atoms with E-state index in [9.17, 15) is 14.9 Å². The van der Waals surface area contributed by atoms with E-state index in [1.165, 1.54) is 16.9 Å². The van der Waals surface area contributed by atoms with E-state index in [1.54, 1.807) is 6.20 Å². The van der Waals surface area contributed by atoms with Crippen LogP contribution in [-0.2, 0) is 29.0 Å². The van der Waals surface area contributed by atoms with Gasteiger partial charge in [-0.2, -0.15) is 5.26 Å². The predicted octanol–water partition coefficient (Wildman–Crippen LogP) is 4.27. The molecule has 33 heavy (non-hydrogen) atoms. The Morgan fingerprint density at radius 2 is 2.00 bits per heavy atom. The number of nitriles is 1. The van der Waals surface area contributed by atoms with Crippen LogP contribution in [0.3, 0.4) is 0 Å². The van der Waals surface area contributed by atoms with Gasteiger partial charge in [-0.1, -0.05) is 36.4 Å². The molecule has 0 bridgehead atoms. The number of carbonyl (C=O) groups is 2. The molecule has 2 aliphatic rings. The van der Waals surface area contributed by atoms with Gasteiger partial charge in [0.15, 0.2) is 0 Å². The molecule has 0 saturated heterocycles. The number of aromatic nitrogens is 1. The molecule has 1 aromatic carbocycles. The smallest absolute Gasteiger partial charge is 0.228 e. The van der Waals surface area contributed by atoms with Crippen LogP contribution in [-0.4, -0.2) is 28.2 Å². The molecular weight excluding hydrogens is 432 g/mol. The third-order valence-electron chi connectivity index (χ3n) is 6.43. The van der Waals surface area contributed by atoms with Crippen LogP contribution >= 0.6 is 11.3 Å². The minimum Gasteiger partial charge on any atom is -0.337 e. The van der Waals surface area contributed by atoms with E-state index in [-0.39, 0.29) is 23.7 Å². The van der Waals surface area contributed by atoms with E-state index in [2.05, 4.69) is 28.5 Å². The van der Waals surface area contributed by atoms with Gasteiger partial charge in [0.25, 0.3) is 0 Å². The number of benzene rings is 1. The highest BCUT2D eigenvalue weighted by molar-refractivity contribution is 7.16. The van der Waals surface area contributed by atoms with Crippen LogP contribution in [0, 0.1) is 17.2 Å². The molecule has 0 radical (unpaired) electrons. The van der Waals surface area contributed by atoms with E-state index in [4.69, 9.17) is 0 Å². The van der Waals surface area contributed by atoms with Crippen molar-refractivity contribution in [2.24, 2.45) is 5.92 Å². The van der Waals surface area contributed by atoms with Gasteiger partial charge in [0, 0.05) is 35.7 Å². The van der Waals surface area contributed by atoms with Gasteiger partial charge in [-0.25, -0.2) is 0 Å². The van der Waals surface area contributed by atoms with Crippen molar-refractivity contribution in [2.45, 2.75) is 38.1 Å². The second-order valence-corrected chi connectivity index (χ2v) is 9.66. The SMILES string of the molecule is N#Cc1c(NC(=O)[C@@H]2C[C@@H]2c2ccccc2)sc2c1CCN(C(=O)CCc1ccccn1)C2. The summed E-state index contributed by atoms with van der Waals surface area (Å²) in [5, 5.41) is 13.4. The lowest BCUT2D eigenvalue weighted by molar-refractivity contribution is -0.132. The standard InChI is InChI=1S/C26H24N4O2S/c27-15-22-19-11-13-30(24(31)10-9-18-8-4-5-12-28-18)16-23(19)33-26(22)29-25(32)21-14-20(21)17-6-2-1-3-7-17/h1-8,12,20-21H,9-11,13-14,16H2,(H,29,32)/t20-,21-/m1/s1. The summed E-state index contributed by atoms with van der Waals surface area (Å²) in [4.78, 5) is 32.7. The van der Waals surface area contributed by atoms with Gasteiger partial charge in [0.2, 0.25) is 11.8 Å². The van der Waals surface area contributed by atoms with Crippen LogP contribution in [0.5, 0.6) is 0 Å². The number of hydrogen-bond acceptors (Lipinski definition) is 5. The number of aryl methyl sites for hydroxylation is 1. The molecule has 7 heteroatoms. The van der Waals surface area contributed by atoms with Crippen LogP contribution < -0.4 is 5.32 Å². The number of carbonyl (C=O) groups excluding carboxylic acids is 2. The molecule has 1 aliphatic carbocycles. The van der Waals surface area contributed by atoms with E-state index < -0.39 is 0 Å². The first-order valence-electron chi connectivity index (χ1n) is 11.2. The second kappa shape index (κ2) is 9.16. The number of rotatable bonds is 6. The third kappa shape index (κ3) is 4.53. The molecule has 2 aromatic heterocycles. The van der Waals surface area contributed by atoms with Crippen molar-refractivity contribution >= 4 is 28.2 Å². The summed E-state index contributed by atoms with van der Waals surface area (Å²) in [5.41, 5.74) is 3.62. The van der Waals surface area contributed by atoms with Crippen LogP contribution in [0.1, 0.15) is 46.0 Å². The molecule has 6 nitrogen and oxygen atoms in total. The Bertz CT molecular complexity index is 1220. The summed E-state index contributed by atoms with van der Waals surface area (Å²) in [5.74, 6) is 0.260. The maximum atomic E-state index is 12.8. The van der Waals surface area contributed by atoms with Crippen molar-refractivity contribution in [3.05, 3.63) is 82.0 Å². The number of fused-ring (bicyclic) bond motifs is 1. The fraction of sp³-hybridized carbons (Fsp3) is 0.308.